The van der Waals surface area contributed by atoms with Crippen LogP contribution in [0.2, 0.25) is 0 Å². The van der Waals surface area contributed by atoms with Crippen molar-refractivity contribution in [1.82, 2.24) is 15.6 Å². The van der Waals surface area contributed by atoms with Gasteiger partial charge in [0.2, 0.25) is 5.91 Å². The molecule has 0 unspecified atom stereocenters. The number of rotatable bonds is 7. The second-order valence-electron chi connectivity index (χ2n) is 8.05. The van der Waals surface area contributed by atoms with Crippen LogP contribution in [0.4, 0.5) is 5.69 Å². The van der Waals surface area contributed by atoms with Crippen LogP contribution in [-0.4, -0.2) is 35.9 Å². The average molecular weight is 429 g/mol. The maximum absolute atomic E-state index is 12.9. The van der Waals surface area contributed by atoms with E-state index < -0.39 is 0 Å². The molecule has 4 rings (SSSR count). The van der Waals surface area contributed by atoms with Gasteiger partial charge in [-0.15, -0.1) is 0 Å². The Morgan fingerprint density at radius 1 is 0.875 bits per heavy atom. The Morgan fingerprint density at radius 2 is 1.56 bits per heavy atom. The van der Waals surface area contributed by atoms with Crippen LogP contribution < -0.4 is 15.5 Å². The number of carbonyl (C=O) groups excluding carboxylic acids is 2. The minimum absolute atomic E-state index is 0.0607. The Labute approximate surface area is 188 Å². The number of nitrogens with zero attached hydrogens (tertiary/aromatic N) is 2. The van der Waals surface area contributed by atoms with Gasteiger partial charge in [-0.3, -0.25) is 14.6 Å². The van der Waals surface area contributed by atoms with Crippen LogP contribution in [-0.2, 0) is 17.8 Å². The van der Waals surface area contributed by atoms with Crippen molar-refractivity contribution in [2.75, 3.05) is 18.0 Å². The molecule has 3 aromatic rings. The van der Waals surface area contributed by atoms with Crippen molar-refractivity contribution in [2.45, 2.75) is 31.8 Å². The van der Waals surface area contributed by atoms with Gasteiger partial charge in [0.1, 0.15) is 0 Å². The molecule has 2 aromatic carbocycles. The van der Waals surface area contributed by atoms with Crippen molar-refractivity contribution in [3.05, 3.63) is 95.8 Å². The predicted octanol–water partition coefficient (Wildman–Crippen LogP) is 3.34. The quantitative estimate of drug-likeness (QED) is 0.605. The molecule has 2 heterocycles. The van der Waals surface area contributed by atoms with E-state index in [4.69, 9.17) is 0 Å². The topological polar surface area (TPSA) is 74.3 Å². The van der Waals surface area contributed by atoms with Crippen molar-refractivity contribution in [3.8, 4) is 0 Å². The average Bonchev–Trinajstić information content (AvgIpc) is 2.84. The Balaban J connectivity index is 1.31. The van der Waals surface area contributed by atoms with Crippen molar-refractivity contribution < 1.29 is 9.59 Å². The third-order valence-corrected chi connectivity index (χ3v) is 5.76. The molecule has 164 valence electrons. The molecule has 1 aromatic heterocycles. The van der Waals surface area contributed by atoms with E-state index in [1.54, 1.807) is 12.4 Å². The molecule has 6 heteroatoms. The summed E-state index contributed by atoms with van der Waals surface area (Å²) in [6.07, 6.45) is 5.55. The third-order valence-electron chi connectivity index (χ3n) is 5.76. The molecular weight excluding hydrogens is 400 g/mol. The van der Waals surface area contributed by atoms with E-state index in [1.165, 1.54) is 0 Å². The van der Waals surface area contributed by atoms with Crippen LogP contribution in [0.5, 0.6) is 0 Å². The summed E-state index contributed by atoms with van der Waals surface area (Å²) >= 11 is 0. The summed E-state index contributed by atoms with van der Waals surface area (Å²) in [6.45, 7) is 2.06. The maximum Gasteiger partial charge on any atom is 0.253 e. The van der Waals surface area contributed by atoms with Crippen molar-refractivity contribution in [3.63, 3.8) is 0 Å². The number of benzene rings is 2. The van der Waals surface area contributed by atoms with Crippen LogP contribution in [0.15, 0.2) is 79.1 Å². The lowest BCUT2D eigenvalue weighted by Crippen LogP contribution is -2.45. The molecule has 2 N–H and O–H groups in total. The van der Waals surface area contributed by atoms with E-state index >= 15 is 0 Å². The number of hydrogen-bond donors (Lipinski definition) is 2. The molecule has 32 heavy (non-hydrogen) atoms. The van der Waals surface area contributed by atoms with E-state index in [1.807, 2.05) is 66.7 Å². The molecular formula is C26H28N4O2. The monoisotopic (exact) mass is 428 g/mol. The molecule has 1 aliphatic heterocycles. The highest BCUT2D eigenvalue weighted by atomic mass is 16.2. The lowest BCUT2D eigenvalue weighted by Gasteiger charge is -2.35. The van der Waals surface area contributed by atoms with E-state index in [-0.39, 0.29) is 17.9 Å². The van der Waals surface area contributed by atoms with Crippen LogP contribution in [0.1, 0.15) is 34.3 Å². The number of para-hydroxylation sites is 1. The summed E-state index contributed by atoms with van der Waals surface area (Å²) in [5.41, 5.74) is 3.65. The number of aromatic nitrogens is 1. The van der Waals surface area contributed by atoms with Gasteiger partial charge in [0, 0.05) is 43.8 Å². The van der Waals surface area contributed by atoms with E-state index in [0.29, 0.717) is 18.5 Å². The van der Waals surface area contributed by atoms with Gasteiger partial charge in [-0.05, 0) is 48.2 Å². The second kappa shape index (κ2) is 10.6. The molecule has 0 aliphatic carbocycles. The minimum atomic E-state index is -0.0873. The van der Waals surface area contributed by atoms with Gasteiger partial charge in [-0.25, -0.2) is 0 Å². The molecule has 0 atom stereocenters. The number of nitrogens with one attached hydrogen (secondary N) is 2. The first kappa shape index (κ1) is 21.6. The fourth-order valence-electron chi connectivity index (χ4n) is 4.04. The Bertz CT molecular complexity index is 1030. The molecule has 1 aliphatic rings. The smallest absolute Gasteiger partial charge is 0.253 e. The highest BCUT2D eigenvalue weighted by Gasteiger charge is 2.23. The third kappa shape index (κ3) is 5.72. The fourth-order valence-corrected chi connectivity index (χ4v) is 4.04. The minimum Gasteiger partial charge on any atom is -0.371 e. The first-order chi connectivity index (χ1) is 15.7. The zero-order valence-corrected chi connectivity index (χ0v) is 18.0. The number of anilines is 1. The fraction of sp³-hybridized carbons (Fsp3) is 0.269. The van der Waals surface area contributed by atoms with Gasteiger partial charge < -0.3 is 15.5 Å². The summed E-state index contributed by atoms with van der Waals surface area (Å²) < 4.78 is 0. The van der Waals surface area contributed by atoms with Crippen LogP contribution in [0.3, 0.4) is 0 Å². The highest BCUT2D eigenvalue weighted by Crippen LogP contribution is 2.24. The molecule has 6 nitrogen and oxygen atoms in total. The lowest BCUT2D eigenvalue weighted by atomic mass is 10.0. The number of carbonyl (C=O) groups is 2. The lowest BCUT2D eigenvalue weighted by molar-refractivity contribution is -0.121. The molecule has 0 spiro atoms. The van der Waals surface area contributed by atoms with Gasteiger partial charge in [0.05, 0.1) is 12.0 Å². The van der Waals surface area contributed by atoms with Crippen LogP contribution in [0.25, 0.3) is 0 Å². The first-order valence-electron chi connectivity index (χ1n) is 11.0. The number of piperidine rings is 1. The second-order valence-corrected chi connectivity index (χ2v) is 8.05. The van der Waals surface area contributed by atoms with E-state index in [0.717, 1.165) is 42.7 Å². The number of hydrogen-bond acceptors (Lipinski definition) is 4. The molecule has 0 saturated carbocycles. The largest absolute Gasteiger partial charge is 0.371 e. The summed E-state index contributed by atoms with van der Waals surface area (Å²) in [5.74, 6) is -0.0266. The highest BCUT2D eigenvalue weighted by molar-refractivity contribution is 5.99. The van der Waals surface area contributed by atoms with Crippen LogP contribution >= 0.6 is 0 Å². The summed E-state index contributed by atoms with van der Waals surface area (Å²) in [7, 11) is 0. The molecule has 0 radical (unpaired) electrons. The normalized spacial score (nSPS) is 14.1. The van der Waals surface area contributed by atoms with Crippen molar-refractivity contribution >= 4 is 17.5 Å². The van der Waals surface area contributed by atoms with E-state index in [2.05, 4.69) is 20.5 Å². The molecule has 1 fully saturated rings. The van der Waals surface area contributed by atoms with Gasteiger partial charge in [-0.1, -0.05) is 42.5 Å². The zero-order chi connectivity index (χ0) is 22.2. The first-order valence-corrected chi connectivity index (χ1v) is 11.0. The zero-order valence-electron chi connectivity index (χ0n) is 18.0. The van der Waals surface area contributed by atoms with Gasteiger partial charge in [0.25, 0.3) is 5.91 Å². The van der Waals surface area contributed by atoms with Gasteiger partial charge in [0.15, 0.2) is 0 Å². The Hall–Kier alpha value is -3.67. The molecule has 0 bridgehead atoms. The Kier molecular flexibility index (Phi) is 7.12. The van der Waals surface area contributed by atoms with E-state index in [9.17, 15) is 9.59 Å². The Morgan fingerprint density at radius 3 is 2.31 bits per heavy atom. The summed E-state index contributed by atoms with van der Waals surface area (Å²) in [5, 5.41) is 6.17. The molecule has 2 amide bonds. The van der Waals surface area contributed by atoms with Crippen LogP contribution in [0, 0.1) is 0 Å². The number of amides is 2. The van der Waals surface area contributed by atoms with Gasteiger partial charge >= 0.3 is 0 Å². The van der Waals surface area contributed by atoms with Crippen molar-refractivity contribution in [1.29, 1.82) is 0 Å². The standard InChI is InChI=1S/C26H28N4O2/c31-25(18-20-6-2-1-3-7-20)29-22-12-16-30(17-13-22)24-9-5-4-8-23(24)26(32)28-19-21-10-14-27-15-11-21/h1-11,14-15,22H,12-13,16-19H2,(H,28,32)(H,29,31). The summed E-state index contributed by atoms with van der Waals surface area (Å²) in [4.78, 5) is 31.5. The van der Waals surface area contributed by atoms with Gasteiger partial charge in [-0.2, -0.15) is 0 Å². The molecule has 1 saturated heterocycles. The maximum atomic E-state index is 12.9. The SMILES string of the molecule is O=C(Cc1ccccc1)NC1CCN(c2ccccc2C(=O)NCc2ccncc2)CC1. The number of pyridine rings is 1. The predicted molar refractivity (Wildman–Crippen MR) is 125 cm³/mol. The van der Waals surface area contributed by atoms with Crippen molar-refractivity contribution in [2.24, 2.45) is 0 Å². The summed E-state index contributed by atoms with van der Waals surface area (Å²) in [6, 6.07) is 21.5.